The number of benzene rings is 2. The van der Waals surface area contributed by atoms with E-state index < -0.39 is 31.6 Å². The Labute approximate surface area is 217 Å². The quantitative estimate of drug-likeness (QED) is 0.497. The molecule has 2 aliphatic rings. The van der Waals surface area contributed by atoms with Crippen molar-refractivity contribution in [2.24, 2.45) is 0 Å². The van der Waals surface area contributed by atoms with E-state index in [-0.39, 0.29) is 47.8 Å². The lowest BCUT2D eigenvalue weighted by molar-refractivity contribution is -0.137. The molecule has 202 valence electrons. The fourth-order valence-electron chi connectivity index (χ4n) is 4.65. The third kappa shape index (κ3) is 5.41. The first-order chi connectivity index (χ1) is 17.9. The maximum Gasteiger partial charge on any atom is 0.416 e. The van der Waals surface area contributed by atoms with Gasteiger partial charge in [0.05, 0.1) is 28.6 Å². The zero-order valence-corrected chi connectivity index (χ0v) is 21.5. The van der Waals surface area contributed by atoms with Crippen LogP contribution in [0.5, 0.6) is 5.75 Å². The van der Waals surface area contributed by atoms with Gasteiger partial charge in [0, 0.05) is 42.5 Å². The summed E-state index contributed by atoms with van der Waals surface area (Å²) in [5, 5.41) is 0. The SMILES string of the molecule is O=S1(=O)CCN(c2cc(C(F)(F)F)ccc2[C@H]2CCOc3cc(S(=O)(=O)Nc4ccncn4)ccc32)CC1. The van der Waals surface area contributed by atoms with Crippen molar-refractivity contribution in [3.63, 3.8) is 0 Å². The molecule has 0 amide bonds. The van der Waals surface area contributed by atoms with E-state index in [1.165, 1.54) is 36.8 Å². The van der Waals surface area contributed by atoms with E-state index in [0.29, 0.717) is 29.0 Å². The number of hydrogen-bond acceptors (Lipinski definition) is 8. The predicted octanol–water partition coefficient (Wildman–Crippen LogP) is 3.45. The number of alkyl halides is 3. The third-order valence-corrected chi connectivity index (χ3v) is 9.54. The molecule has 0 bridgehead atoms. The average molecular weight is 569 g/mol. The fourth-order valence-corrected chi connectivity index (χ4v) is 6.87. The largest absolute Gasteiger partial charge is 0.493 e. The molecule has 0 unspecified atom stereocenters. The molecule has 1 atom stereocenters. The molecule has 5 rings (SSSR count). The first-order valence-electron chi connectivity index (χ1n) is 11.6. The molecule has 1 N–H and O–H groups in total. The number of rotatable bonds is 5. The summed E-state index contributed by atoms with van der Waals surface area (Å²) >= 11 is 0. The fraction of sp³-hybridized carbons (Fsp3) is 0.333. The second-order valence-electron chi connectivity index (χ2n) is 9.00. The van der Waals surface area contributed by atoms with Crippen molar-refractivity contribution in [1.82, 2.24) is 9.97 Å². The molecule has 3 aromatic rings. The maximum atomic E-state index is 13.6. The molecule has 2 aromatic carbocycles. The van der Waals surface area contributed by atoms with Gasteiger partial charge in [-0.05, 0) is 36.2 Å². The number of nitrogens with one attached hydrogen (secondary N) is 1. The van der Waals surface area contributed by atoms with Gasteiger partial charge in [-0.15, -0.1) is 0 Å². The van der Waals surface area contributed by atoms with Crippen LogP contribution in [0.4, 0.5) is 24.7 Å². The van der Waals surface area contributed by atoms with Gasteiger partial charge >= 0.3 is 6.18 Å². The van der Waals surface area contributed by atoms with Crippen molar-refractivity contribution in [2.75, 3.05) is 40.8 Å². The summed E-state index contributed by atoms with van der Waals surface area (Å²) < 4.78 is 98.5. The number of sulfonamides is 1. The van der Waals surface area contributed by atoms with Gasteiger partial charge in [-0.1, -0.05) is 12.1 Å². The van der Waals surface area contributed by atoms with E-state index in [0.717, 1.165) is 12.1 Å². The number of hydrogen-bond donors (Lipinski definition) is 1. The smallest absolute Gasteiger partial charge is 0.416 e. The van der Waals surface area contributed by atoms with Crippen LogP contribution in [0.2, 0.25) is 0 Å². The lowest BCUT2D eigenvalue weighted by atomic mass is 9.85. The highest BCUT2D eigenvalue weighted by atomic mass is 32.2. The van der Waals surface area contributed by atoms with E-state index in [9.17, 15) is 30.0 Å². The zero-order valence-electron chi connectivity index (χ0n) is 19.8. The van der Waals surface area contributed by atoms with Gasteiger partial charge in [0.1, 0.15) is 17.9 Å². The highest BCUT2D eigenvalue weighted by Gasteiger charge is 2.35. The Bertz CT molecular complexity index is 1550. The molecule has 0 spiro atoms. The maximum absolute atomic E-state index is 13.6. The highest BCUT2D eigenvalue weighted by Crippen LogP contribution is 2.44. The van der Waals surface area contributed by atoms with Crippen molar-refractivity contribution in [3.05, 3.63) is 71.7 Å². The van der Waals surface area contributed by atoms with Crippen molar-refractivity contribution in [1.29, 1.82) is 0 Å². The standard InChI is InChI=1S/C24H23F3N4O5S2/c25-24(26,27)16-1-3-19(21(13-16)31-8-11-37(32,33)12-9-31)18-6-10-36-22-14-17(2-4-20(18)22)38(34,35)30-23-5-7-28-15-29-23/h1-5,7,13-15,18H,6,8-12H2,(H,28,29,30)/t18-/m1/s1. The highest BCUT2D eigenvalue weighted by molar-refractivity contribution is 7.92. The number of fused-ring (bicyclic) bond motifs is 1. The molecule has 14 heteroatoms. The molecule has 1 saturated heterocycles. The summed E-state index contributed by atoms with van der Waals surface area (Å²) in [6.45, 7) is 0.382. The molecule has 1 aromatic heterocycles. The second kappa shape index (κ2) is 9.73. The van der Waals surface area contributed by atoms with Gasteiger partial charge in [0.15, 0.2) is 9.84 Å². The first kappa shape index (κ1) is 26.2. The minimum Gasteiger partial charge on any atom is -0.493 e. The molecule has 2 aliphatic heterocycles. The van der Waals surface area contributed by atoms with Gasteiger partial charge in [-0.25, -0.2) is 26.8 Å². The van der Waals surface area contributed by atoms with Gasteiger partial charge in [0.25, 0.3) is 10.0 Å². The van der Waals surface area contributed by atoms with Crippen molar-refractivity contribution in [3.8, 4) is 5.75 Å². The van der Waals surface area contributed by atoms with Crippen LogP contribution in [0.25, 0.3) is 0 Å². The van der Waals surface area contributed by atoms with E-state index in [2.05, 4.69) is 14.7 Å². The number of sulfone groups is 1. The van der Waals surface area contributed by atoms with E-state index in [1.54, 1.807) is 11.0 Å². The van der Waals surface area contributed by atoms with Gasteiger partial charge in [-0.3, -0.25) is 4.72 Å². The van der Waals surface area contributed by atoms with Crippen LogP contribution in [-0.4, -0.2) is 58.0 Å². The monoisotopic (exact) mass is 568 g/mol. The number of ether oxygens (including phenoxy) is 1. The summed E-state index contributed by atoms with van der Waals surface area (Å²) in [6.07, 6.45) is -1.52. The van der Waals surface area contributed by atoms with Gasteiger partial charge < -0.3 is 9.64 Å². The van der Waals surface area contributed by atoms with Crippen LogP contribution in [0, 0.1) is 0 Å². The Morgan fingerprint density at radius 1 is 1.03 bits per heavy atom. The summed E-state index contributed by atoms with van der Waals surface area (Å²) in [5.41, 5.74) is 0.711. The number of aromatic nitrogens is 2. The second-order valence-corrected chi connectivity index (χ2v) is 13.0. The minimum atomic E-state index is -4.57. The van der Waals surface area contributed by atoms with Gasteiger partial charge in [-0.2, -0.15) is 13.2 Å². The normalized spacial score (nSPS) is 19.3. The van der Waals surface area contributed by atoms with Crippen LogP contribution in [0.3, 0.4) is 0 Å². The van der Waals surface area contributed by atoms with Crippen molar-refractivity contribution < 1.29 is 34.7 Å². The van der Waals surface area contributed by atoms with E-state index in [4.69, 9.17) is 4.74 Å². The van der Waals surface area contributed by atoms with Gasteiger partial charge in [0.2, 0.25) is 0 Å². The number of anilines is 2. The van der Waals surface area contributed by atoms with Crippen LogP contribution >= 0.6 is 0 Å². The minimum absolute atomic E-state index is 0.0654. The lowest BCUT2D eigenvalue weighted by Gasteiger charge is -2.34. The first-order valence-corrected chi connectivity index (χ1v) is 15.0. The van der Waals surface area contributed by atoms with Crippen LogP contribution in [-0.2, 0) is 26.0 Å². The van der Waals surface area contributed by atoms with Crippen molar-refractivity contribution >= 4 is 31.4 Å². The zero-order chi connectivity index (χ0) is 27.1. The number of nitrogens with zero attached hydrogens (tertiary/aromatic N) is 3. The van der Waals surface area contributed by atoms with E-state index >= 15 is 0 Å². The Kier molecular flexibility index (Phi) is 6.71. The Morgan fingerprint density at radius 3 is 2.45 bits per heavy atom. The van der Waals surface area contributed by atoms with Crippen LogP contribution in [0.1, 0.15) is 29.0 Å². The summed E-state index contributed by atoms with van der Waals surface area (Å²) in [4.78, 5) is 9.22. The molecule has 0 aliphatic carbocycles. The molecular weight excluding hydrogens is 545 g/mol. The molecule has 0 saturated carbocycles. The number of halogens is 3. The Morgan fingerprint density at radius 2 is 1.76 bits per heavy atom. The predicted molar refractivity (Wildman–Crippen MR) is 134 cm³/mol. The third-order valence-electron chi connectivity index (χ3n) is 6.57. The molecule has 38 heavy (non-hydrogen) atoms. The average Bonchev–Trinajstić information content (AvgIpc) is 2.87. The molecular formula is C24H23F3N4O5S2. The summed E-state index contributed by atoms with van der Waals surface area (Å²) in [5.74, 6) is -0.282. The van der Waals surface area contributed by atoms with Crippen LogP contribution < -0.4 is 14.4 Å². The summed E-state index contributed by atoms with van der Waals surface area (Å²) in [6, 6.07) is 9.27. The molecule has 9 nitrogen and oxygen atoms in total. The molecule has 0 radical (unpaired) electrons. The van der Waals surface area contributed by atoms with Crippen molar-refractivity contribution in [2.45, 2.75) is 23.4 Å². The Balaban J connectivity index is 1.52. The molecule has 1 fully saturated rings. The summed E-state index contributed by atoms with van der Waals surface area (Å²) in [7, 11) is -7.24. The Hall–Kier alpha value is -3.39. The topological polar surface area (TPSA) is 119 Å². The lowest BCUT2D eigenvalue weighted by Crippen LogP contribution is -2.41. The van der Waals surface area contributed by atoms with Crippen LogP contribution in [0.15, 0.2) is 59.9 Å². The van der Waals surface area contributed by atoms with E-state index in [1.807, 2.05) is 0 Å². The molecule has 3 heterocycles.